The lowest BCUT2D eigenvalue weighted by Gasteiger charge is -2.11. The minimum absolute atomic E-state index is 0.0426. The lowest BCUT2D eigenvalue weighted by molar-refractivity contribution is -0.385. The average molecular weight is 282 g/mol. The van der Waals surface area contributed by atoms with Crippen LogP contribution in [0.15, 0.2) is 29.7 Å². The fraction of sp³-hybridized carbons (Fsp3) is 0.333. The van der Waals surface area contributed by atoms with Gasteiger partial charge in [-0.05, 0) is 12.5 Å². The van der Waals surface area contributed by atoms with Gasteiger partial charge in [0.15, 0.2) is 9.84 Å². The summed E-state index contributed by atoms with van der Waals surface area (Å²) in [6.07, 6.45) is 1.60. The number of nitrogens with zero attached hydrogens (tertiary/aromatic N) is 1. The molecule has 0 fully saturated rings. The fourth-order valence-corrected chi connectivity index (χ4v) is 3.27. The Labute approximate surface area is 111 Å². The second kappa shape index (κ2) is 5.10. The summed E-state index contributed by atoms with van der Waals surface area (Å²) < 4.78 is 22.5. The number of rotatable bonds is 4. The molecule has 1 aromatic carbocycles. The van der Waals surface area contributed by atoms with Gasteiger partial charge >= 0.3 is 0 Å². The first-order chi connectivity index (χ1) is 8.89. The van der Waals surface area contributed by atoms with Crippen molar-refractivity contribution in [1.29, 1.82) is 0 Å². The molecule has 0 radical (unpaired) electrons. The van der Waals surface area contributed by atoms with Crippen molar-refractivity contribution in [2.45, 2.75) is 19.5 Å². The third kappa shape index (κ3) is 3.18. The molecule has 0 amide bonds. The van der Waals surface area contributed by atoms with Gasteiger partial charge in [0.2, 0.25) is 0 Å². The summed E-state index contributed by atoms with van der Waals surface area (Å²) in [7, 11) is -3.08. The van der Waals surface area contributed by atoms with Gasteiger partial charge < -0.3 is 5.32 Å². The highest BCUT2D eigenvalue weighted by Crippen LogP contribution is 2.21. The Bertz CT molecular complexity index is 637. The van der Waals surface area contributed by atoms with Crippen LogP contribution in [-0.4, -0.2) is 25.1 Å². The molecule has 1 aliphatic heterocycles. The van der Waals surface area contributed by atoms with Crippen molar-refractivity contribution in [1.82, 2.24) is 5.32 Å². The molecule has 0 spiro atoms. The minimum atomic E-state index is -3.08. The van der Waals surface area contributed by atoms with E-state index in [4.69, 9.17) is 0 Å². The SMILES string of the molecule is Cc1c(CNC2C=CS(=O)(=O)C2)cccc1[N+](=O)[O-]. The van der Waals surface area contributed by atoms with E-state index >= 15 is 0 Å². The molecule has 1 N–H and O–H groups in total. The van der Waals surface area contributed by atoms with Crippen LogP contribution >= 0.6 is 0 Å². The van der Waals surface area contributed by atoms with E-state index in [2.05, 4.69) is 5.32 Å². The fourth-order valence-electron chi connectivity index (χ4n) is 2.00. The third-order valence-electron chi connectivity index (χ3n) is 3.10. The van der Waals surface area contributed by atoms with Crippen LogP contribution in [0.25, 0.3) is 0 Å². The molecule has 1 aromatic rings. The van der Waals surface area contributed by atoms with E-state index in [1.807, 2.05) is 0 Å². The predicted molar refractivity (Wildman–Crippen MR) is 71.4 cm³/mol. The van der Waals surface area contributed by atoms with Crippen molar-refractivity contribution in [3.05, 3.63) is 50.9 Å². The first-order valence-corrected chi connectivity index (χ1v) is 7.48. The maximum atomic E-state index is 11.2. The van der Waals surface area contributed by atoms with Gasteiger partial charge in [-0.3, -0.25) is 10.1 Å². The number of hydrogen-bond acceptors (Lipinski definition) is 5. The Morgan fingerprint density at radius 1 is 1.47 bits per heavy atom. The largest absolute Gasteiger partial charge is 0.305 e. The van der Waals surface area contributed by atoms with E-state index in [0.717, 1.165) is 5.56 Å². The molecular weight excluding hydrogens is 268 g/mol. The summed E-state index contributed by atoms with van der Waals surface area (Å²) in [5, 5.41) is 15.1. The molecule has 0 aromatic heterocycles. The van der Waals surface area contributed by atoms with Crippen LogP contribution in [0.5, 0.6) is 0 Å². The molecule has 102 valence electrons. The van der Waals surface area contributed by atoms with Gasteiger partial charge in [0, 0.05) is 29.6 Å². The zero-order valence-corrected chi connectivity index (χ0v) is 11.2. The van der Waals surface area contributed by atoms with E-state index in [9.17, 15) is 18.5 Å². The molecular formula is C12H14N2O4S. The van der Waals surface area contributed by atoms with Crippen molar-refractivity contribution < 1.29 is 13.3 Å². The van der Waals surface area contributed by atoms with Crippen LogP contribution in [0.1, 0.15) is 11.1 Å². The molecule has 6 nitrogen and oxygen atoms in total. The number of hydrogen-bond donors (Lipinski definition) is 1. The summed E-state index contributed by atoms with van der Waals surface area (Å²) >= 11 is 0. The first-order valence-electron chi connectivity index (χ1n) is 5.76. The molecule has 0 saturated carbocycles. The maximum Gasteiger partial charge on any atom is 0.272 e. The molecule has 7 heteroatoms. The Kier molecular flexibility index (Phi) is 3.68. The van der Waals surface area contributed by atoms with Crippen molar-refractivity contribution in [3.63, 3.8) is 0 Å². The Hall–Kier alpha value is -1.73. The van der Waals surface area contributed by atoms with Crippen LogP contribution in [0.4, 0.5) is 5.69 Å². The average Bonchev–Trinajstić information content (AvgIpc) is 2.67. The zero-order valence-electron chi connectivity index (χ0n) is 10.4. The van der Waals surface area contributed by atoms with Crippen LogP contribution < -0.4 is 5.32 Å². The molecule has 19 heavy (non-hydrogen) atoms. The van der Waals surface area contributed by atoms with Crippen molar-refractivity contribution >= 4 is 15.5 Å². The summed E-state index contributed by atoms with van der Waals surface area (Å²) in [5.74, 6) is 0.0426. The normalized spacial score (nSPS) is 20.6. The zero-order chi connectivity index (χ0) is 14.0. The highest BCUT2D eigenvalue weighted by molar-refractivity contribution is 7.94. The van der Waals surface area contributed by atoms with Crippen LogP contribution in [0.2, 0.25) is 0 Å². The number of sulfone groups is 1. The summed E-state index contributed by atoms with van der Waals surface area (Å²) in [6, 6.07) is 4.65. The van der Waals surface area contributed by atoms with Gasteiger partial charge in [-0.2, -0.15) is 0 Å². The number of nitro groups is 1. The smallest absolute Gasteiger partial charge is 0.272 e. The number of nitro benzene ring substituents is 1. The van der Waals surface area contributed by atoms with Crippen LogP contribution in [0, 0.1) is 17.0 Å². The van der Waals surface area contributed by atoms with E-state index < -0.39 is 14.8 Å². The summed E-state index contributed by atoms with van der Waals surface area (Å²) in [5.41, 5.74) is 1.48. The maximum absolute atomic E-state index is 11.2. The molecule has 1 atom stereocenters. The van der Waals surface area contributed by atoms with Crippen LogP contribution in [-0.2, 0) is 16.4 Å². The van der Waals surface area contributed by atoms with E-state index in [1.54, 1.807) is 25.1 Å². The van der Waals surface area contributed by atoms with Crippen LogP contribution in [0.3, 0.4) is 0 Å². The monoisotopic (exact) mass is 282 g/mol. The van der Waals surface area contributed by atoms with Gasteiger partial charge in [0.05, 0.1) is 10.7 Å². The lowest BCUT2D eigenvalue weighted by atomic mass is 10.1. The van der Waals surface area contributed by atoms with Gasteiger partial charge in [-0.15, -0.1) is 0 Å². The Balaban J connectivity index is 2.07. The van der Waals surface area contributed by atoms with E-state index in [0.29, 0.717) is 12.1 Å². The molecule has 0 bridgehead atoms. The van der Waals surface area contributed by atoms with Gasteiger partial charge in [0.1, 0.15) is 0 Å². The second-order valence-corrected chi connectivity index (χ2v) is 6.40. The van der Waals surface area contributed by atoms with E-state index in [1.165, 1.54) is 11.5 Å². The second-order valence-electron chi connectivity index (χ2n) is 4.46. The molecule has 0 aliphatic carbocycles. The van der Waals surface area contributed by atoms with Gasteiger partial charge in [-0.1, -0.05) is 18.2 Å². The Morgan fingerprint density at radius 2 is 2.21 bits per heavy atom. The predicted octanol–water partition coefficient (Wildman–Crippen LogP) is 1.30. The standard InChI is InChI=1S/C12H14N2O4S/c1-9-10(3-2-4-12(9)14(15)16)7-13-11-5-6-19(17,18)8-11/h2-6,11,13H,7-8H2,1H3. The molecule has 1 heterocycles. The minimum Gasteiger partial charge on any atom is -0.305 e. The molecule has 2 rings (SSSR count). The van der Waals surface area contributed by atoms with Crippen molar-refractivity contribution in [2.24, 2.45) is 0 Å². The Morgan fingerprint density at radius 3 is 2.79 bits per heavy atom. The van der Waals surface area contributed by atoms with E-state index in [-0.39, 0.29) is 17.5 Å². The van der Waals surface area contributed by atoms with Crippen molar-refractivity contribution in [2.75, 3.05) is 5.75 Å². The van der Waals surface area contributed by atoms with Crippen molar-refractivity contribution in [3.8, 4) is 0 Å². The third-order valence-corrected chi connectivity index (χ3v) is 4.49. The molecule has 1 unspecified atom stereocenters. The van der Waals surface area contributed by atoms with Gasteiger partial charge in [0.25, 0.3) is 5.69 Å². The number of benzene rings is 1. The topological polar surface area (TPSA) is 89.3 Å². The summed E-state index contributed by atoms with van der Waals surface area (Å²) in [6.45, 7) is 2.09. The quantitative estimate of drug-likeness (QED) is 0.664. The highest BCUT2D eigenvalue weighted by Gasteiger charge is 2.21. The van der Waals surface area contributed by atoms with Gasteiger partial charge in [-0.25, -0.2) is 8.42 Å². The number of nitrogens with one attached hydrogen (secondary N) is 1. The first kappa shape index (κ1) is 13.7. The molecule has 1 aliphatic rings. The summed E-state index contributed by atoms with van der Waals surface area (Å²) in [4.78, 5) is 10.4. The highest BCUT2D eigenvalue weighted by atomic mass is 32.2. The molecule has 0 saturated heterocycles. The lowest BCUT2D eigenvalue weighted by Crippen LogP contribution is -2.29.